The molecule has 0 radical (unpaired) electrons. The van der Waals surface area contributed by atoms with Gasteiger partial charge in [0.25, 0.3) is 6.43 Å². The van der Waals surface area contributed by atoms with Gasteiger partial charge in [0, 0.05) is 11.4 Å². The predicted octanol–water partition coefficient (Wildman–Crippen LogP) is 3.53. The highest BCUT2D eigenvalue weighted by atomic mass is 79.9. The van der Waals surface area contributed by atoms with Gasteiger partial charge in [0.2, 0.25) is 5.88 Å². The first-order valence-electron chi connectivity index (χ1n) is 5.37. The topological polar surface area (TPSA) is 48.4 Å². The minimum Gasteiger partial charge on any atom is -0.469 e. The first-order chi connectivity index (χ1) is 9.67. The molecule has 1 rings (SSSR count). The largest absolute Gasteiger partial charge is 0.574 e. The number of esters is 1. The van der Waals surface area contributed by atoms with Crippen LogP contribution < -0.4 is 4.74 Å². The van der Waals surface area contributed by atoms with E-state index in [1.54, 1.807) is 0 Å². The van der Waals surface area contributed by atoms with Gasteiger partial charge in [0.1, 0.15) is 5.69 Å². The Hall–Kier alpha value is -1.45. The quantitative estimate of drug-likeness (QED) is 0.447. The molecule has 0 atom stereocenters. The lowest BCUT2D eigenvalue weighted by Crippen LogP contribution is -2.19. The molecule has 4 nitrogen and oxygen atoms in total. The van der Waals surface area contributed by atoms with E-state index in [0.717, 1.165) is 13.2 Å². The standard InChI is InChI=1S/C11H9BrF5NO3/c1-20-8(19)3-5-2-7(21-11(15,16)17)18-9(10(13)14)6(5)4-12/h2,10H,3-4H2,1H3. The van der Waals surface area contributed by atoms with Crippen molar-refractivity contribution in [3.8, 4) is 5.88 Å². The van der Waals surface area contributed by atoms with Crippen LogP contribution in [0.25, 0.3) is 0 Å². The molecule has 1 aromatic heterocycles. The number of pyridine rings is 1. The van der Waals surface area contributed by atoms with Crippen molar-refractivity contribution in [2.75, 3.05) is 7.11 Å². The van der Waals surface area contributed by atoms with E-state index >= 15 is 0 Å². The van der Waals surface area contributed by atoms with Gasteiger partial charge < -0.3 is 9.47 Å². The lowest BCUT2D eigenvalue weighted by molar-refractivity contribution is -0.276. The number of methoxy groups -OCH3 is 1. The van der Waals surface area contributed by atoms with Crippen LogP contribution in [0.1, 0.15) is 23.2 Å². The van der Waals surface area contributed by atoms with Crippen molar-refractivity contribution in [2.45, 2.75) is 24.5 Å². The fourth-order valence-electron chi connectivity index (χ4n) is 1.51. The van der Waals surface area contributed by atoms with Gasteiger partial charge in [-0.25, -0.2) is 13.8 Å². The molecular weight excluding hydrogens is 369 g/mol. The number of nitrogens with zero attached hydrogens (tertiary/aromatic N) is 1. The second-order valence-electron chi connectivity index (χ2n) is 3.72. The van der Waals surface area contributed by atoms with Gasteiger partial charge in [0.05, 0.1) is 13.5 Å². The highest BCUT2D eigenvalue weighted by Crippen LogP contribution is 2.31. The Morgan fingerprint density at radius 1 is 1.43 bits per heavy atom. The molecule has 0 bridgehead atoms. The van der Waals surface area contributed by atoms with Crippen LogP contribution in [0.5, 0.6) is 5.88 Å². The zero-order valence-electron chi connectivity index (χ0n) is 10.5. The molecule has 0 aromatic carbocycles. The summed E-state index contributed by atoms with van der Waals surface area (Å²) in [6, 6.07) is 0.785. The molecule has 1 heterocycles. The van der Waals surface area contributed by atoms with Gasteiger partial charge in [-0.15, -0.1) is 13.2 Å². The number of hydrogen-bond acceptors (Lipinski definition) is 4. The molecule has 0 unspecified atom stereocenters. The third kappa shape index (κ3) is 5.10. The zero-order chi connectivity index (χ0) is 16.2. The minimum absolute atomic E-state index is 0.0788. The maximum absolute atomic E-state index is 12.9. The van der Waals surface area contributed by atoms with E-state index in [9.17, 15) is 26.7 Å². The van der Waals surface area contributed by atoms with Gasteiger partial charge in [-0.2, -0.15) is 0 Å². The Kier molecular flexibility index (Phi) is 5.87. The van der Waals surface area contributed by atoms with Crippen LogP contribution >= 0.6 is 15.9 Å². The minimum atomic E-state index is -5.08. The van der Waals surface area contributed by atoms with E-state index in [2.05, 4.69) is 30.4 Å². The lowest BCUT2D eigenvalue weighted by atomic mass is 10.0. The van der Waals surface area contributed by atoms with Crippen molar-refractivity contribution < 1.29 is 36.2 Å². The Morgan fingerprint density at radius 3 is 2.48 bits per heavy atom. The molecule has 21 heavy (non-hydrogen) atoms. The first kappa shape index (κ1) is 17.6. The first-order valence-corrected chi connectivity index (χ1v) is 6.49. The summed E-state index contributed by atoms with van der Waals surface area (Å²) < 4.78 is 70.2. The monoisotopic (exact) mass is 377 g/mol. The number of carbonyl (C=O) groups is 1. The second-order valence-corrected chi connectivity index (χ2v) is 4.28. The van der Waals surface area contributed by atoms with Crippen molar-refractivity contribution >= 4 is 21.9 Å². The van der Waals surface area contributed by atoms with Gasteiger partial charge in [-0.05, 0) is 11.1 Å². The summed E-state index contributed by atoms with van der Waals surface area (Å²) in [6.45, 7) is 0. The zero-order valence-corrected chi connectivity index (χ0v) is 12.1. The molecule has 0 N–H and O–H groups in total. The molecule has 0 fully saturated rings. The SMILES string of the molecule is COC(=O)Cc1cc(OC(F)(F)F)nc(C(F)F)c1CBr. The highest BCUT2D eigenvalue weighted by Gasteiger charge is 2.33. The Balaban J connectivity index is 3.33. The van der Waals surface area contributed by atoms with E-state index in [4.69, 9.17) is 0 Å². The molecule has 118 valence electrons. The van der Waals surface area contributed by atoms with Crippen LogP contribution in [0.3, 0.4) is 0 Å². The smallest absolute Gasteiger partial charge is 0.469 e. The third-order valence-corrected chi connectivity index (χ3v) is 2.91. The molecule has 0 saturated heterocycles. The average molecular weight is 378 g/mol. The van der Waals surface area contributed by atoms with Gasteiger partial charge in [0.15, 0.2) is 0 Å². The van der Waals surface area contributed by atoms with E-state index in [-0.39, 0.29) is 16.5 Å². The normalized spacial score (nSPS) is 11.6. The van der Waals surface area contributed by atoms with Crippen LogP contribution in [-0.2, 0) is 21.3 Å². The molecule has 0 spiro atoms. The summed E-state index contributed by atoms with van der Waals surface area (Å²) in [5, 5.41) is -0.113. The highest BCUT2D eigenvalue weighted by molar-refractivity contribution is 9.08. The van der Waals surface area contributed by atoms with Gasteiger partial charge >= 0.3 is 12.3 Å². The molecular formula is C11H9BrF5NO3. The summed E-state index contributed by atoms with van der Waals surface area (Å²) in [5.74, 6) is -1.84. The fourth-order valence-corrected chi connectivity index (χ4v) is 2.16. The lowest BCUT2D eigenvalue weighted by Gasteiger charge is -2.15. The number of rotatable bonds is 5. The summed E-state index contributed by atoms with van der Waals surface area (Å²) >= 11 is 2.94. The average Bonchev–Trinajstić information content (AvgIpc) is 2.35. The molecule has 0 aliphatic carbocycles. The molecule has 1 aromatic rings. The number of hydrogen-bond donors (Lipinski definition) is 0. The third-order valence-electron chi connectivity index (χ3n) is 2.35. The second kappa shape index (κ2) is 7.01. The van der Waals surface area contributed by atoms with Crippen molar-refractivity contribution in [3.63, 3.8) is 0 Å². The number of alkyl halides is 6. The van der Waals surface area contributed by atoms with Crippen LogP contribution in [0, 0.1) is 0 Å². The Labute approximate surface area is 124 Å². The van der Waals surface area contributed by atoms with E-state index in [1.807, 2.05) is 0 Å². The molecule has 0 amide bonds. The summed E-state index contributed by atoms with van der Waals surface area (Å²) in [4.78, 5) is 14.4. The summed E-state index contributed by atoms with van der Waals surface area (Å²) in [7, 11) is 1.07. The van der Waals surface area contributed by atoms with Crippen molar-refractivity contribution in [3.05, 3.63) is 22.9 Å². The number of aromatic nitrogens is 1. The molecule has 0 saturated carbocycles. The van der Waals surface area contributed by atoms with Gasteiger partial charge in [-0.1, -0.05) is 15.9 Å². The molecule has 0 aliphatic heterocycles. The van der Waals surface area contributed by atoms with Crippen LogP contribution in [0.4, 0.5) is 22.0 Å². The van der Waals surface area contributed by atoms with Crippen molar-refractivity contribution in [1.29, 1.82) is 0 Å². The Morgan fingerprint density at radius 2 is 2.05 bits per heavy atom. The Bertz CT molecular complexity index is 521. The maximum Gasteiger partial charge on any atom is 0.574 e. The predicted molar refractivity (Wildman–Crippen MR) is 64.2 cm³/mol. The van der Waals surface area contributed by atoms with E-state index in [1.165, 1.54) is 0 Å². The summed E-state index contributed by atoms with van der Waals surface area (Å²) in [5.41, 5.74) is -1.04. The van der Waals surface area contributed by atoms with Crippen LogP contribution in [0.15, 0.2) is 6.07 Å². The fraction of sp³-hybridized carbons (Fsp3) is 0.455. The molecule has 0 aliphatic rings. The van der Waals surface area contributed by atoms with Crippen LogP contribution in [-0.4, -0.2) is 24.4 Å². The van der Waals surface area contributed by atoms with Crippen LogP contribution in [0.2, 0.25) is 0 Å². The van der Waals surface area contributed by atoms with E-state index < -0.39 is 36.8 Å². The van der Waals surface area contributed by atoms with E-state index in [0.29, 0.717) is 0 Å². The molecule has 10 heteroatoms. The number of carbonyl (C=O) groups excluding carboxylic acids is 1. The number of halogens is 6. The van der Waals surface area contributed by atoms with Crippen molar-refractivity contribution in [1.82, 2.24) is 4.98 Å². The van der Waals surface area contributed by atoms with Gasteiger partial charge in [-0.3, -0.25) is 4.79 Å². The van der Waals surface area contributed by atoms with Crippen molar-refractivity contribution in [2.24, 2.45) is 0 Å². The summed E-state index contributed by atoms with van der Waals surface area (Å²) in [6.07, 6.45) is -8.68. The maximum atomic E-state index is 12.9. The number of ether oxygens (including phenoxy) is 2.